The Balaban J connectivity index is 1.31. The molecule has 0 radical (unpaired) electrons. The normalized spacial score (nSPS) is 19.0. The van der Waals surface area contributed by atoms with Crippen molar-refractivity contribution in [1.29, 1.82) is 0 Å². The molecule has 0 aromatic carbocycles. The lowest BCUT2D eigenvalue weighted by Crippen LogP contribution is -2.38. The highest BCUT2D eigenvalue weighted by Gasteiger charge is 2.31. The topological polar surface area (TPSA) is 71.2 Å². The van der Waals surface area contributed by atoms with E-state index in [1.165, 1.54) is 6.33 Å². The van der Waals surface area contributed by atoms with Crippen molar-refractivity contribution in [3.05, 3.63) is 29.6 Å². The first-order valence-electron chi connectivity index (χ1n) is 9.33. The summed E-state index contributed by atoms with van der Waals surface area (Å²) in [6, 6.07) is 0. The molecule has 8 heteroatoms. The van der Waals surface area contributed by atoms with E-state index in [0.717, 1.165) is 45.3 Å². The van der Waals surface area contributed by atoms with Crippen LogP contribution in [0.2, 0.25) is 0 Å². The van der Waals surface area contributed by atoms with Gasteiger partial charge in [0.2, 0.25) is 5.89 Å². The van der Waals surface area contributed by atoms with Crippen LogP contribution in [0.1, 0.15) is 49.0 Å². The number of aromatic nitrogens is 4. The zero-order chi connectivity index (χ0) is 18.1. The summed E-state index contributed by atoms with van der Waals surface area (Å²) >= 11 is 0. The molecule has 3 heterocycles. The van der Waals surface area contributed by atoms with Gasteiger partial charge in [0.15, 0.2) is 17.5 Å². The van der Waals surface area contributed by atoms with Crippen LogP contribution in [0.25, 0.3) is 0 Å². The van der Waals surface area contributed by atoms with E-state index >= 15 is 0 Å². The van der Waals surface area contributed by atoms with E-state index in [2.05, 4.69) is 25.0 Å². The number of aryl methyl sites for hydroxylation is 1. The Morgan fingerprint density at radius 1 is 1.23 bits per heavy atom. The van der Waals surface area contributed by atoms with E-state index in [-0.39, 0.29) is 5.82 Å². The summed E-state index contributed by atoms with van der Waals surface area (Å²) in [5, 5.41) is 3.84. The van der Waals surface area contributed by atoms with Gasteiger partial charge in [-0.15, -0.1) is 0 Å². The monoisotopic (exact) mass is 360 g/mol. The molecule has 0 amide bonds. The fourth-order valence-corrected chi connectivity index (χ4v) is 3.68. The zero-order valence-corrected chi connectivity index (χ0v) is 15.4. The summed E-state index contributed by atoms with van der Waals surface area (Å²) < 4.78 is 19.9. The Morgan fingerprint density at radius 2 is 2.00 bits per heavy atom. The van der Waals surface area contributed by atoms with Crippen molar-refractivity contribution in [1.82, 2.24) is 25.0 Å². The summed E-state index contributed by atoms with van der Waals surface area (Å²) in [5.74, 6) is 2.37. The molecule has 0 unspecified atom stereocenters. The molecule has 0 bridgehead atoms. The third kappa shape index (κ3) is 3.85. The number of hydrogen-bond acceptors (Lipinski definition) is 7. The lowest BCUT2D eigenvalue weighted by molar-refractivity contribution is 0.161. The van der Waals surface area contributed by atoms with Gasteiger partial charge in [0.1, 0.15) is 6.33 Å². The Hall–Kier alpha value is -2.09. The summed E-state index contributed by atoms with van der Waals surface area (Å²) in [7, 11) is 1.93. The molecule has 2 fully saturated rings. The molecule has 2 aromatic heterocycles. The number of nitrogens with zero attached hydrogens (tertiary/aromatic N) is 6. The second kappa shape index (κ2) is 7.26. The van der Waals surface area contributed by atoms with Gasteiger partial charge in [-0.25, -0.2) is 14.4 Å². The van der Waals surface area contributed by atoms with Crippen LogP contribution >= 0.6 is 0 Å². The second-order valence-electron chi connectivity index (χ2n) is 7.51. The molecule has 1 aliphatic heterocycles. The van der Waals surface area contributed by atoms with Crippen molar-refractivity contribution in [3.63, 3.8) is 0 Å². The van der Waals surface area contributed by atoms with E-state index in [0.29, 0.717) is 41.6 Å². The van der Waals surface area contributed by atoms with Crippen LogP contribution in [0.5, 0.6) is 0 Å². The Labute approximate surface area is 152 Å². The van der Waals surface area contributed by atoms with Crippen LogP contribution in [0.3, 0.4) is 0 Å². The highest BCUT2D eigenvalue weighted by Crippen LogP contribution is 2.41. The SMILES string of the molecule is Cc1noc(CN2CCC(CN(C)c3ncnc(C4CC4)c3F)CC2)n1. The fraction of sp³-hybridized carbons (Fsp3) is 0.667. The Kier molecular flexibility index (Phi) is 4.84. The van der Waals surface area contributed by atoms with Gasteiger partial charge in [-0.2, -0.15) is 4.98 Å². The Morgan fingerprint density at radius 3 is 2.65 bits per heavy atom. The van der Waals surface area contributed by atoms with Gasteiger partial charge in [0.05, 0.1) is 12.2 Å². The average molecular weight is 360 g/mol. The van der Waals surface area contributed by atoms with Crippen LogP contribution in [0, 0.1) is 18.7 Å². The van der Waals surface area contributed by atoms with Crippen LogP contribution in [0.15, 0.2) is 10.9 Å². The van der Waals surface area contributed by atoms with E-state index in [1.807, 2.05) is 18.9 Å². The third-order valence-electron chi connectivity index (χ3n) is 5.29. The minimum absolute atomic E-state index is 0.235. The molecule has 26 heavy (non-hydrogen) atoms. The van der Waals surface area contributed by atoms with E-state index in [9.17, 15) is 4.39 Å². The van der Waals surface area contributed by atoms with Crippen molar-refractivity contribution in [3.8, 4) is 0 Å². The van der Waals surface area contributed by atoms with Gasteiger partial charge in [0, 0.05) is 19.5 Å². The van der Waals surface area contributed by atoms with E-state index in [4.69, 9.17) is 4.52 Å². The molecule has 7 nitrogen and oxygen atoms in total. The highest BCUT2D eigenvalue weighted by molar-refractivity contribution is 5.41. The Bertz CT molecular complexity index is 754. The van der Waals surface area contributed by atoms with Gasteiger partial charge >= 0.3 is 0 Å². The molecule has 140 valence electrons. The molecule has 0 N–H and O–H groups in total. The molecule has 2 aromatic rings. The third-order valence-corrected chi connectivity index (χ3v) is 5.29. The zero-order valence-electron chi connectivity index (χ0n) is 15.4. The predicted molar refractivity (Wildman–Crippen MR) is 94.3 cm³/mol. The lowest BCUT2D eigenvalue weighted by atomic mass is 9.96. The summed E-state index contributed by atoms with van der Waals surface area (Å²) in [5.41, 5.74) is 0.589. The van der Waals surface area contributed by atoms with Crippen molar-refractivity contribution >= 4 is 5.82 Å². The van der Waals surface area contributed by atoms with Gasteiger partial charge in [-0.1, -0.05) is 5.16 Å². The van der Waals surface area contributed by atoms with E-state index in [1.54, 1.807) is 0 Å². The van der Waals surface area contributed by atoms with Crippen LogP contribution in [-0.4, -0.2) is 51.7 Å². The number of likely N-dealkylation sites (tertiary alicyclic amines) is 1. The van der Waals surface area contributed by atoms with Crippen molar-refractivity contribution < 1.29 is 8.91 Å². The molecule has 2 aliphatic rings. The minimum Gasteiger partial charge on any atom is -0.357 e. The van der Waals surface area contributed by atoms with Crippen LogP contribution in [-0.2, 0) is 6.54 Å². The molecular formula is C18H25FN6O. The van der Waals surface area contributed by atoms with Crippen LogP contribution in [0.4, 0.5) is 10.2 Å². The molecule has 4 rings (SSSR count). The predicted octanol–water partition coefficient (Wildman–Crippen LogP) is 2.53. The molecule has 1 aliphatic carbocycles. The van der Waals surface area contributed by atoms with Gasteiger partial charge in [-0.3, -0.25) is 4.90 Å². The minimum atomic E-state index is -0.235. The molecule has 1 saturated carbocycles. The highest BCUT2D eigenvalue weighted by atomic mass is 19.1. The molecule has 0 atom stereocenters. The maximum atomic E-state index is 14.7. The van der Waals surface area contributed by atoms with Gasteiger partial charge < -0.3 is 9.42 Å². The fourth-order valence-electron chi connectivity index (χ4n) is 3.68. The molecule has 1 saturated heterocycles. The maximum Gasteiger partial charge on any atom is 0.240 e. The summed E-state index contributed by atoms with van der Waals surface area (Å²) in [6.07, 6.45) is 5.71. The van der Waals surface area contributed by atoms with Crippen LogP contribution < -0.4 is 4.90 Å². The number of hydrogen-bond donors (Lipinski definition) is 0. The summed E-state index contributed by atoms with van der Waals surface area (Å²) in [4.78, 5) is 16.9. The van der Waals surface area contributed by atoms with Gasteiger partial charge in [0.25, 0.3) is 0 Å². The summed E-state index contributed by atoms with van der Waals surface area (Å²) in [6.45, 7) is 5.31. The maximum absolute atomic E-state index is 14.7. The average Bonchev–Trinajstić information content (AvgIpc) is 3.39. The lowest BCUT2D eigenvalue weighted by Gasteiger charge is -2.33. The second-order valence-corrected chi connectivity index (χ2v) is 7.51. The number of piperidine rings is 1. The number of halogens is 1. The van der Waals surface area contributed by atoms with Crippen molar-refractivity contribution in [2.75, 3.05) is 31.6 Å². The molecular weight excluding hydrogens is 335 g/mol. The quantitative estimate of drug-likeness (QED) is 0.784. The first kappa shape index (κ1) is 17.3. The van der Waals surface area contributed by atoms with Crippen molar-refractivity contribution in [2.24, 2.45) is 5.92 Å². The standard InChI is InChI=1S/C18H25FN6O/c1-12-22-15(26-23-12)10-25-7-5-13(6-8-25)9-24(2)18-16(19)17(14-3-4-14)20-11-21-18/h11,13-14H,3-10H2,1-2H3. The van der Waals surface area contributed by atoms with E-state index < -0.39 is 0 Å². The first-order chi connectivity index (χ1) is 12.6. The largest absolute Gasteiger partial charge is 0.357 e. The smallest absolute Gasteiger partial charge is 0.240 e. The number of rotatable bonds is 6. The number of anilines is 1. The van der Waals surface area contributed by atoms with Gasteiger partial charge in [-0.05, 0) is 51.6 Å². The van der Waals surface area contributed by atoms with Crippen molar-refractivity contribution in [2.45, 2.75) is 45.1 Å². The first-order valence-corrected chi connectivity index (χ1v) is 9.33. The molecule has 0 spiro atoms.